The number of rotatable bonds is 1. The zero-order valence-corrected chi connectivity index (χ0v) is 8.01. The smallest absolute Gasteiger partial charge is 0.139 e. The first-order chi connectivity index (χ1) is 5.81. The first kappa shape index (κ1) is 9.83. The molecule has 70 valence electrons. The number of hydrazine groups is 1. The van der Waals surface area contributed by atoms with E-state index in [0.29, 0.717) is 0 Å². The van der Waals surface area contributed by atoms with Crippen molar-refractivity contribution < 1.29 is 0 Å². The second kappa shape index (κ2) is 3.64. The van der Waals surface area contributed by atoms with Crippen molar-refractivity contribution in [1.29, 1.82) is 0 Å². The summed E-state index contributed by atoms with van der Waals surface area (Å²) >= 11 is 0. The number of fused-ring (bicyclic) bond motifs is 1. The van der Waals surface area contributed by atoms with Crippen molar-refractivity contribution in [2.75, 3.05) is 5.43 Å². The molecule has 0 unspecified atom stereocenters. The van der Waals surface area contributed by atoms with Crippen LogP contribution in [-0.2, 0) is 7.05 Å². The summed E-state index contributed by atoms with van der Waals surface area (Å²) in [4.78, 5) is 4.23. The Labute approximate surface area is 82.1 Å². The summed E-state index contributed by atoms with van der Waals surface area (Å²) < 4.78 is 1.97. The Hall–Kier alpha value is -1.26. The number of nitrogens with one attached hydrogen (secondary N) is 1. The van der Waals surface area contributed by atoms with E-state index in [1.807, 2.05) is 29.9 Å². The molecule has 0 radical (unpaired) electrons. The van der Waals surface area contributed by atoms with Gasteiger partial charge in [-0.1, -0.05) is 0 Å². The molecule has 2 heterocycles. The molecular formula is C8H11ClN4. The zero-order valence-electron chi connectivity index (χ0n) is 7.19. The third-order valence-electron chi connectivity index (χ3n) is 1.87. The Balaban J connectivity index is 0.000000845. The molecule has 5 heteroatoms. The van der Waals surface area contributed by atoms with E-state index in [4.69, 9.17) is 5.84 Å². The van der Waals surface area contributed by atoms with Crippen LogP contribution < -0.4 is 11.3 Å². The molecule has 0 spiro atoms. The second-order valence-electron chi connectivity index (χ2n) is 2.71. The van der Waals surface area contributed by atoms with Crippen molar-refractivity contribution in [1.82, 2.24) is 9.55 Å². The minimum atomic E-state index is 0. The molecule has 13 heavy (non-hydrogen) atoms. The van der Waals surface area contributed by atoms with E-state index in [9.17, 15) is 0 Å². The van der Waals surface area contributed by atoms with Crippen LogP contribution >= 0.6 is 12.4 Å². The van der Waals surface area contributed by atoms with Crippen LogP contribution in [0.2, 0.25) is 0 Å². The number of hydrogen-bond acceptors (Lipinski definition) is 3. The molecule has 2 rings (SSSR count). The molecule has 0 aliphatic rings. The van der Waals surface area contributed by atoms with Crippen molar-refractivity contribution >= 4 is 29.1 Å². The van der Waals surface area contributed by atoms with Gasteiger partial charge in [-0.05, 0) is 12.1 Å². The van der Waals surface area contributed by atoms with Crippen molar-refractivity contribution in [3.8, 4) is 0 Å². The van der Waals surface area contributed by atoms with Crippen LogP contribution in [0.25, 0.3) is 11.0 Å². The number of aromatic nitrogens is 2. The number of nitrogens with zero attached hydrogens (tertiary/aromatic N) is 2. The molecule has 4 nitrogen and oxygen atoms in total. The molecule has 0 aromatic carbocycles. The highest BCUT2D eigenvalue weighted by molar-refractivity contribution is 5.85. The van der Waals surface area contributed by atoms with Crippen molar-refractivity contribution in [3.63, 3.8) is 0 Å². The Bertz CT molecular complexity index is 409. The van der Waals surface area contributed by atoms with Gasteiger partial charge in [0.05, 0.1) is 11.9 Å². The number of nitrogens with two attached hydrogens (primary N) is 1. The van der Waals surface area contributed by atoms with Gasteiger partial charge < -0.3 is 9.99 Å². The van der Waals surface area contributed by atoms with Gasteiger partial charge in [0.15, 0.2) is 0 Å². The lowest BCUT2D eigenvalue weighted by atomic mass is 10.3. The fourth-order valence-corrected chi connectivity index (χ4v) is 1.23. The Morgan fingerprint density at radius 1 is 1.54 bits per heavy atom. The molecule has 0 aliphatic heterocycles. The Morgan fingerprint density at radius 3 is 3.00 bits per heavy atom. The SMILES string of the molecule is Cl.Cn1ccc2cc(NN)cnc21. The van der Waals surface area contributed by atoms with E-state index < -0.39 is 0 Å². The van der Waals surface area contributed by atoms with Crippen molar-refractivity contribution in [3.05, 3.63) is 24.5 Å². The fraction of sp³-hybridized carbons (Fsp3) is 0.125. The lowest BCUT2D eigenvalue weighted by Crippen LogP contribution is -2.06. The summed E-state index contributed by atoms with van der Waals surface area (Å²) in [6.45, 7) is 0. The summed E-state index contributed by atoms with van der Waals surface area (Å²) in [7, 11) is 1.96. The molecule has 0 fully saturated rings. The third-order valence-corrected chi connectivity index (χ3v) is 1.87. The number of aryl methyl sites for hydroxylation is 1. The fourth-order valence-electron chi connectivity index (χ4n) is 1.23. The largest absolute Gasteiger partial charge is 0.336 e. The summed E-state index contributed by atoms with van der Waals surface area (Å²) in [5.74, 6) is 5.25. The molecule has 0 aliphatic carbocycles. The highest BCUT2D eigenvalue weighted by atomic mass is 35.5. The van der Waals surface area contributed by atoms with Gasteiger partial charge in [-0.3, -0.25) is 5.84 Å². The van der Waals surface area contributed by atoms with E-state index in [2.05, 4.69) is 10.4 Å². The van der Waals surface area contributed by atoms with E-state index in [-0.39, 0.29) is 12.4 Å². The van der Waals surface area contributed by atoms with E-state index in [1.165, 1.54) is 0 Å². The second-order valence-corrected chi connectivity index (χ2v) is 2.71. The van der Waals surface area contributed by atoms with E-state index >= 15 is 0 Å². The lowest BCUT2D eigenvalue weighted by molar-refractivity contribution is 0.948. The van der Waals surface area contributed by atoms with Crippen molar-refractivity contribution in [2.24, 2.45) is 12.9 Å². The molecule has 2 aromatic rings. The van der Waals surface area contributed by atoms with Crippen LogP contribution in [0, 0.1) is 0 Å². The first-order valence-corrected chi connectivity index (χ1v) is 3.69. The lowest BCUT2D eigenvalue weighted by Gasteiger charge is -1.99. The van der Waals surface area contributed by atoms with Gasteiger partial charge >= 0.3 is 0 Å². The van der Waals surface area contributed by atoms with Crippen LogP contribution in [-0.4, -0.2) is 9.55 Å². The Morgan fingerprint density at radius 2 is 2.31 bits per heavy atom. The van der Waals surface area contributed by atoms with Crippen LogP contribution in [0.1, 0.15) is 0 Å². The molecule has 3 N–H and O–H groups in total. The summed E-state index contributed by atoms with van der Waals surface area (Å²) in [6.07, 6.45) is 3.68. The highest BCUT2D eigenvalue weighted by Gasteiger charge is 1.98. The molecule has 0 saturated heterocycles. The van der Waals surface area contributed by atoms with Crippen LogP contribution in [0.15, 0.2) is 24.5 Å². The van der Waals surface area contributed by atoms with E-state index in [1.54, 1.807) is 6.20 Å². The van der Waals surface area contributed by atoms with Gasteiger partial charge in [0.2, 0.25) is 0 Å². The molecular weight excluding hydrogens is 188 g/mol. The molecule has 0 amide bonds. The maximum absolute atomic E-state index is 5.25. The van der Waals surface area contributed by atoms with Gasteiger partial charge in [-0.2, -0.15) is 0 Å². The third kappa shape index (κ3) is 1.59. The predicted molar refractivity (Wildman–Crippen MR) is 55.8 cm³/mol. The highest BCUT2D eigenvalue weighted by Crippen LogP contribution is 2.15. The normalized spacial score (nSPS) is 9.69. The maximum atomic E-state index is 5.25. The van der Waals surface area contributed by atoms with E-state index in [0.717, 1.165) is 16.7 Å². The maximum Gasteiger partial charge on any atom is 0.139 e. The quantitative estimate of drug-likeness (QED) is 0.536. The van der Waals surface area contributed by atoms with Gasteiger partial charge in [-0.25, -0.2) is 4.98 Å². The number of nitrogen functional groups attached to an aromatic ring is 1. The predicted octanol–water partition coefficient (Wildman–Crippen LogP) is 1.28. The summed E-state index contributed by atoms with van der Waals surface area (Å²) in [5.41, 5.74) is 4.35. The summed E-state index contributed by atoms with van der Waals surface area (Å²) in [5, 5.41) is 1.09. The Kier molecular flexibility index (Phi) is 2.75. The van der Waals surface area contributed by atoms with Gasteiger partial charge in [-0.15, -0.1) is 12.4 Å². The van der Waals surface area contributed by atoms with Crippen LogP contribution in [0.4, 0.5) is 5.69 Å². The molecule has 2 aromatic heterocycles. The number of anilines is 1. The molecule has 0 bridgehead atoms. The standard InChI is InChI=1S/C8H10N4.ClH/c1-12-3-2-6-4-7(11-9)5-10-8(6)12;/h2-5,11H,9H2,1H3;1H. The minimum Gasteiger partial charge on any atom is -0.336 e. The average Bonchev–Trinajstić information content (AvgIpc) is 2.47. The summed E-state index contributed by atoms with van der Waals surface area (Å²) in [6, 6.07) is 3.96. The number of pyridine rings is 1. The first-order valence-electron chi connectivity index (χ1n) is 3.69. The minimum absolute atomic E-state index is 0. The van der Waals surface area contributed by atoms with Crippen LogP contribution in [0.5, 0.6) is 0 Å². The average molecular weight is 199 g/mol. The van der Waals surface area contributed by atoms with Crippen LogP contribution in [0.3, 0.4) is 0 Å². The zero-order chi connectivity index (χ0) is 8.55. The molecule has 0 atom stereocenters. The number of hydrogen-bond donors (Lipinski definition) is 2. The van der Waals surface area contributed by atoms with Gasteiger partial charge in [0.25, 0.3) is 0 Å². The van der Waals surface area contributed by atoms with Gasteiger partial charge in [0.1, 0.15) is 5.65 Å². The number of halogens is 1. The molecule has 0 saturated carbocycles. The monoisotopic (exact) mass is 198 g/mol. The van der Waals surface area contributed by atoms with Gasteiger partial charge in [0, 0.05) is 18.6 Å². The topological polar surface area (TPSA) is 55.9 Å². The van der Waals surface area contributed by atoms with Crippen molar-refractivity contribution in [2.45, 2.75) is 0 Å².